The van der Waals surface area contributed by atoms with E-state index in [1.54, 1.807) is 13.8 Å². The second-order valence-corrected chi connectivity index (χ2v) is 6.13. The highest BCUT2D eigenvalue weighted by Gasteiger charge is 2.36. The molecule has 4 nitrogen and oxygen atoms in total. The molecule has 0 spiro atoms. The number of nitrogens with zero attached hydrogens (tertiary/aromatic N) is 2. The van der Waals surface area contributed by atoms with Gasteiger partial charge >= 0.3 is 5.97 Å². The van der Waals surface area contributed by atoms with Gasteiger partial charge in [-0.2, -0.15) is 0 Å². The standard InChI is InChI=1S/C12H24N2O2/c1-11(2,10(15)16)8-14-7-6-13(5)12(3,4)9-14/h6-9H2,1-5H3,(H,15,16). The van der Waals surface area contributed by atoms with Crippen molar-refractivity contribution in [2.75, 3.05) is 33.2 Å². The average Bonchev–Trinajstić information content (AvgIpc) is 2.10. The Morgan fingerprint density at radius 2 is 1.94 bits per heavy atom. The molecule has 0 amide bonds. The van der Waals surface area contributed by atoms with Crippen LogP contribution < -0.4 is 0 Å². The monoisotopic (exact) mass is 228 g/mol. The first-order chi connectivity index (χ1) is 7.15. The molecule has 0 aliphatic carbocycles. The second kappa shape index (κ2) is 4.34. The van der Waals surface area contributed by atoms with Crippen LogP contribution in [0.3, 0.4) is 0 Å². The second-order valence-electron chi connectivity index (χ2n) is 6.13. The molecule has 1 rings (SSSR count). The van der Waals surface area contributed by atoms with Crippen LogP contribution in [0.25, 0.3) is 0 Å². The summed E-state index contributed by atoms with van der Waals surface area (Å²) in [6.07, 6.45) is 0. The number of carbonyl (C=O) groups is 1. The lowest BCUT2D eigenvalue weighted by atomic mass is 9.91. The number of rotatable bonds is 3. The zero-order valence-corrected chi connectivity index (χ0v) is 11.1. The molecule has 1 aliphatic rings. The fraction of sp³-hybridized carbons (Fsp3) is 0.917. The van der Waals surface area contributed by atoms with Gasteiger partial charge in [-0.1, -0.05) is 0 Å². The summed E-state index contributed by atoms with van der Waals surface area (Å²) in [5.74, 6) is -0.718. The minimum absolute atomic E-state index is 0.132. The quantitative estimate of drug-likeness (QED) is 0.786. The smallest absolute Gasteiger partial charge is 0.310 e. The molecule has 94 valence electrons. The molecule has 0 atom stereocenters. The lowest BCUT2D eigenvalue weighted by Gasteiger charge is -2.46. The Hall–Kier alpha value is -0.610. The fourth-order valence-electron chi connectivity index (χ4n) is 2.10. The highest BCUT2D eigenvalue weighted by Crippen LogP contribution is 2.23. The maximum Gasteiger partial charge on any atom is 0.310 e. The molecule has 16 heavy (non-hydrogen) atoms. The molecule has 0 saturated carbocycles. The maximum absolute atomic E-state index is 11.1. The van der Waals surface area contributed by atoms with Gasteiger partial charge in [-0.3, -0.25) is 14.6 Å². The molecule has 1 saturated heterocycles. The van der Waals surface area contributed by atoms with Gasteiger partial charge < -0.3 is 5.11 Å². The van der Waals surface area contributed by atoms with E-state index in [9.17, 15) is 4.79 Å². The van der Waals surface area contributed by atoms with Gasteiger partial charge in [0.25, 0.3) is 0 Å². The number of carboxylic acid groups (broad SMARTS) is 1. The van der Waals surface area contributed by atoms with Crippen LogP contribution in [-0.4, -0.2) is 59.6 Å². The van der Waals surface area contributed by atoms with Crippen LogP contribution in [0.4, 0.5) is 0 Å². The Kier molecular flexibility index (Phi) is 3.65. The van der Waals surface area contributed by atoms with Gasteiger partial charge in [-0.15, -0.1) is 0 Å². The van der Waals surface area contributed by atoms with E-state index in [1.807, 2.05) is 0 Å². The minimum Gasteiger partial charge on any atom is -0.481 e. The summed E-state index contributed by atoms with van der Waals surface area (Å²) in [4.78, 5) is 15.7. The van der Waals surface area contributed by atoms with Crippen molar-refractivity contribution in [1.82, 2.24) is 9.80 Å². The van der Waals surface area contributed by atoms with Gasteiger partial charge in [-0.25, -0.2) is 0 Å². The van der Waals surface area contributed by atoms with E-state index in [-0.39, 0.29) is 5.54 Å². The summed E-state index contributed by atoms with van der Waals surface area (Å²) in [5, 5.41) is 9.12. The largest absolute Gasteiger partial charge is 0.481 e. The van der Waals surface area contributed by atoms with Crippen LogP contribution in [0.2, 0.25) is 0 Å². The molecular weight excluding hydrogens is 204 g/mol. The summed E-state index contributed by atoms with van der Waals surface area (Å²) < 4.78 is 0. The first-order valence-electron chi connectivity index (χ1n) is 5.82. The number of hydrogen-bond donors (Lipinski definition) is 1. The van der Waals surface area contributed by atoms with Crippen LogP contribution in [0, 0.1) is 5.41 Å². The number of likely N-dealkylation sites (N-methyl/N-ethyl adjacent to an activating group) is 1. The van der Waals surface area contributed by atoms with Crippen LogP contribution in [0.15, 0.2) is 0 Å². The number of carboxylic acids is 1. The topological polar surface area (TPSA) is 43.8 Å². The SMILES string of the molecule is CN1CCN(CC(C)(C)C(=O)O)CC1(C)C. The zero-order valence-electron chi connectivity index (χ0n) is 11.1. The van der Waals surface area contributed by atoms with E-state index in [1.165, 1.54) is 0 Å². The van der Waals surface area contributed by atoms with Gasteiger partial charge in [-0.05, 0) is 34.7 Å². The van der Waals surface area contributed by atoms with Crippen molar-refractivity contribution in [2.45, 2.75) is 33.2 Å². The van der Waals surface area contributed by atoms with E-state index in [0.717, 1.165) is 19.6 Å². The van der Waals surface area contributed by atoms with E-state index >= 15 is 0 Å². The van der Waals surface area contributed by atoms with Crippen LogP contribution >= 0.6 is 0 Å². The Morgan fingerprint density at radius 3 is 2.38 bits per heavy atom. The van der Waals surface area contributed by atoms with Gasteiger partial charge in [0.1, 0.15) is 0 Å². The number of piperazine rings is 1. The third kappa shape index (κ3) is 2.95. The molecule has 0 radical (unpaired) electrons. The molecule has 0 unspecified atom stereocenters. The van der Waals surface area contributed by atoms with Crippen LogP contribution in [0.5, 0.6) is 0 Å². The first-order valence-corrected chi connectivity index (χ1v) is 5.82. The highest BCUT2D eigenvalue weighted by atomic mass is 16.4. The molecule has 0 aromatic carbocycles. The zero-order chi connectivity index (χ0) is 12.6. The number of aliphatic carboxylic acids is 1. The molecule has 0 aromatic heterocycles. The van der Waals surface area contributed by atoms with Gasteiger partial charge in [0.2, 0.25) is 0 Å². The Bertz CT molecular complexity index is 274. The predicted octanol–water partition coefficient (Wildman–Crippen LogP) is 1.12. The average molecular weight is 228 g/mol. The third-order valence-electron chi connectivity index (χ3n) is 3.59. The van der Waals surface area contributed by atoms with E-state index in [0.29, 0.717) is 6.54 Å². The first kappa shape index (κ1) is 13.5. The maximum atomic E-state index is 11.1. The van der Waals surface area contributed by atoms with E-state index < -0.39 is 11.4 Å². The molecule has 1 heterocycles. The summed E-state index contributed by atoms with van der Waals surface area (Å²) in [6.45, 7) is 11.5. The molecular formula is C12H24N2O2. The van der Waals surface area contributed by atoms with Crippen molar-refractivity contribution < 1.29 is 9.90 Å². The molecule has 0 bridgehead atoms. The van der Waals surface area contributed by atoms with E-state index in [2.05, 4.69) is 30.7 Å². The number of hydrogen-bond acceptors (Lipinski definition) is 3. The molecule has 1 aliphatic heterocycles. The Labute approximate surface area is 98.2 Å². The molecule has 4 heteroatoms. The lowest BCUT2D eigenvalue weighted by Crippen LogP contribution is -2.59. The van der Waals surface area contributed by atoms with Crippen molar-refractivity contribution in [1.29, 1.82) is 0 Å². The molecule has 1 N–H and O–H groups in total. The molecule has 1 fully saturated rings. The van der Waals surface area contributed by atoms with Crippen molar-refractivity contribution in [3.05, 3.63) is 0 Å². The van der Waals surface area contributed by atoms with E-state index in [4.69, 9.17) is 5.11 Å². The van der Waals surface area contributed by atoms with Crippen molar-refractivity contribution in [3.8, 4) is 0 Å². The van der Waals surface area contributed by atoms with Gasteiger partial charge in [0, 0.05) is 31.7 Å². The van der Waals surface area contributed by atoms with Crippen LogP contribution in [0.1, 0.15) is 27.7 Å². The summed E-state index contributed by atoms with van der Waals surface area (Å²) in [5.41, 5.74) is -0.529. The minimum atomic E-state index is -0.718. The lowest BCUT2D eigenvalue weighted by molar-refractivity contribution is -0.148. The predicted molar refractivity (Wildman–Crippen MR) is 64.6 cm³/mol. The van der Waals surface area contributed by atoms with Gasteiger partial charge in [0.05, 0.1) is 5.41 Å². The van der Waals surface area contributed by atoms with Gasteiger partial charge in [0.15, 0.2) is 0 Å². The summed E-state index contributed by atoms with van der Waals surface area (Å²) in [7, 11) is 2.12. The normalized spacial score (nSPS) is 23.3. The van der Waals surface area contributed by atoms with Crippen LogP contribution in [-0.2, 0) is 4.79 Å². The van der Waals surface area contributed by atoms with Crippen molar-refractivity contribution >= 4 is 5.97 Å². The Balaban J connectivity index is 2.61. The molecule has 0 aromatic rings. The fourth-order valence-corrected chi connectivity index (χ4v) is 2.10. The summed E-state index contributed by atoms with van der Waals surface area (Å²) >= 11 is 0. The Morgan fingerprint density at radius 1 is 1.38 bits per heavy atom. The summed E-state index contributed by atoms with van der Waals surface area (Å²) in [6, 6.07) is 0. The van der Waals surface area contributed by atoms with Crippen molar-refractivity contribution in [2.24, 2.45) is 5.41 Å². The third-order valence-corrected chi connectivity index (χ3v) is 3.59. The van der Waals surface area contributed by atoms with Crippen molar-refractivity contribution in [3.63, 3.8) is 0 Å². The highest BCUT2D eigenvalue weighted by molar-refractivity contribution is 5.73.